The van der Waals surface area contributed by atoms with Crippen molar-refractivity contribution in [3.05, 3.63) is 24.3 Å². The van der Waals surface area contributed by atoms with Crippen LogP contribution in [0.15, 0.2) is 24.3 Å². The Morgan fingerprint density at radius 3 is 2.74 bits per heavy atom. The van der Waals surface area contributed by atoms with Crippen LogP contribution in [0.2, 0.25) is 0 Å². The molecule has 0 aliphatic heterocycles. The average Bonchev–Trinajstić information content (AvgIpc) is 2.48. The zero-order valence-corrected chi connectivity index (χ0v) is 11.8. The van der Waals surface area contributed by atoms with Crippen LogP contribution in [-0.2, 0) is 0 Å². The van der Waals surface area contributed by atoms with Crippen molar-refractivity contribution in [3.63, 3.8) is 0 Å². The summed E-state index contributed by atoms with van der Waals surface area (Å²) in [6.07, 6.45) is 5.44. The molecule has 1 aromatic carbocycles. The van der Waals surface area contributed by atoms with Crippen LogP contribution >= 0.6 is 0 Å². The second-order valence-electron chi connectivity index (χ2n) is 5.42. The molecule has 102 valence electrons. The average molecular weight is 258 g/mol. The van der Waals surface area contributed by atoms with E-state index in [0.29, 0.717) is 5.92 Å². The zero-order chi connectivity index (χ0) is 13.7. The Morgan fingerprint density at radius 1 is 1.42 bits per heavy atom. The molecule has 2 atom stereocenters. The van der Waals surface area contributed by atoms with Gasteiger partial charge < -0.3 is 10.1 Å². The molecule has 1 saturated carbocycles. The number of methoxy groups -OCH3 is 1. The molecule has 3 heteroatoms. The van der Waals surface area contributed by atoms with Gasteiger partial charge in [-0.3, -0.25) is 0 Å². The number of hydrogen-bond acceptors (Lipinski definition) is 3. The monoisotopic (exact) mass is 258 g/mol. The Morgan fingerprint density at radius 2 is 2.16 bits per heavy atom. The highest BCUT2D eigenvalue weighted by atomic mass is 16.5. The van der Waals surface area contributed by atoms with E-state index < -0.39 is 5.54 Å². The number of rotatable bonds is 4. The SMILES string of the molecule is CCC1CCCC(C#N)(Nc2ccc(OC)cc2)C1. The minimum Gasteiger partial charge on any atom is -0.497 e. The third-order valence-corrected chi connectivity index (χ3v) is 4.12. The molecule has 3 nitrogen and oxygen atoms in total. The summed E-state index contributed by atoms with van der Waals surface area (Å²) in [7, 11) is 1.66. The van der Waals surface area contributed by atoms with E-state index in [9.17, 15) is 5.26 Å². The van der Waals surface area contributed by atoms with E-state index in [0.717, 1.165) is 37.1 Å². The molecular formula is C16H22N2O. The number of ether oxygens (including phenoxy) is 1. The second-order valence-corrected chi connectivity index (χ2v) is 5.42. The molecule has 0 aromatic heterocycles. The second kappa shape index (κ2) is 5.97. The molecular weight excluding hydrogens is 236 g/mol. The van der Waals surface area contributed by atoms with E-state index in [4.69, 9.17) is 4.74 Å². The summed E-state index contributed by atoms with van der Waals surface area (Å²) in [5.74, 6) is 1.51. The summed E-state index contributed by atoms with van der Waals surface area (Å²) in [6, 6.07) is 10.3. The van der Waals surface area contributed by atoms with Gasteiger partial charge in [0.15, 0.2) is 0 Å². The van der Waals surface area contributed by atoms with Crippen LogP contribution in [0.3, 0.4) is 0 Å². The smallest absolute Gasteiger partial charge is 0.125 e. The van der Waals surface area contributed by atoms with Gasteiger partial charge in [-0.25, -0.2) is 0 Å². The van der Waals surface area contributed by atoms with Crippen LogP contribution in [0, 0.1) is 17.2 Å². The van der Waals surface area contributed by atoms with Gasteiger partial charge >= 0.3 is 0 Å². The molecule has 1 aromatic rings. The van der Waals surface area contributed by atoms with Gasteiger partial charge in [-0.1, -0.05) is 19.8 Å². The highest BCUT2D eigenvalue weighted by Gasteiger charge is 2.35. The summed E-state index contributed by atoms with van der Waals surface area (Å²) in [5, 5.41) is 13.0. The topological polar surface area (TPSA) is 45.0 Å². The maximum Gasteiger partial charge on any atom is 0.125 e. The number of benzene rings is 1. The molecule has 19 heavy (non-hydrogen) atoms. The number of hydrogen-bond donors (Lipinski definition) is 1. The van der Waals surface area contributed by atoms with Gasteiger partial charge in [0.05, 0.1) is 13.2 Å². The van der Waals surface area contributed by atoms with E-state index in [1.165, 1.54) is 6.42 Å². The van der Waals surface area contributed by atoms with Gasteiger partial charge in [-0.2, -0.15) is 5.26 Å². The zero-order valence-electron chi connectivity index (χ0n) is 11.8. The fourth-order valence-corrected chi connectivity index (χ4v) is 2.93. The van der Waals surface area contributed by atoms with Gasteiger partial charge in [-0.15, -0.1) is 0 Å². The Hall–Kier alpha value is -1.69. The fourth-order valence-electron chi connectivity index (χ4n) is 2.93. The van der Waals surface area contributed by atoms with Crippen molar-refractivity contribution in [2.24, 2.45) is 5.92 Å². The van der Waals surface area contributed by atoms with Crippen molar-refractivity contribution in [2.75, 3.05) is 12.4 Å². The van der Waals surface area contributed by atoms with E-state index >= 15 is 0 Å². The number of anilines is 1. The van der Waals surface area contributed by atoms with E-state index in [2.05, 4.69) is 18.3 Å². The maximum absolute atomic E-state index is 9.58. The van der Waals surface area contributed by atoms with E-state index in [1.807, 2.05) is 24.3 Å². The number of nitriles is 1. The van der Waals surface area contributed by atoms with Crippen LogP contribution < -0.4 is 10.1 Å². The molecule has 2 unspecified atom stereocenters. The predicted molar refractivity (Wildman–Crippen MR) is 77.2 cm³/mol. The lowest BCUT2D eigenvalue weighted by molar-refractivity contribution is 0.283. The quantitative estimate of drug-likeness (QED) is 0.888. The van der Waals surface area contributed by atoms with Crippen molar-refractivity contribution in [1.82, 2.24) is 0 Å². The normalized spacial score (nSPS) is 26.5. The van der Waals surface area contributed by atoms with Crippen LogP contribution in [0.1, 0.15) is 39.0 Å². The molecule has 2 rings (SSSR count). The Bertz CT molecular complexity index is 449. The third kappa shape index (κ3) is 3.20. The molecule has 0 saturated heterocycles. The fraction of sp³-hybridized carbons (Fsp3) is 0.562. The third-order valence-electron chi connectivity index (χ3n) is 4.12. The first-order chi connectivity index (χ1) is 9.21. The lowest BCUT2D eigenvalue weighted by Gasteiger charge is -2.36. The first kappa shape index (κ1) is 13.7. The summed E-state index contributed by atoms with van der Waals surface area (Å²) in [6.45, 7) is 2.21. The Kier molecular flexibility index (Phi) is 4.31. The summed E-state index contributed by atoms with van der Waals surface area (Å²) in [5.41, 5.74) is 0.604. The van der Waals surface area contributed by atoms with Crippen LogP contribution in [-0.4, -0.2) is 12.6 Å². The highest BCUT2D eigenvalue weighted by Crippen LogP contribution is 2.36. The largest absolute Gasteiger partial charge is 0.497 e. The standard InChI is InChI=1S/C16H22N2O/c1-3-13-5-4-10-16(11-13,12-17)18-14-6-8-15(19-2)9-7-14/h6-9,13,18H,3-5,10-11H2,1-2H3. The van der Waals surface area contributed by atoms with E-state index in [1.54, 1.807) is 7.11 Å². The minimum absolute atomic E-state index is 0.395. The maximum atomic E-state index is 9.58. The molecule has 0 spiro atoms. The number of nitrogens with one attached hydrogen (secondary N) is 1. The summed E-state index contributed by atoms with van der Waals surface area (Å²) < 4.78 is 5.15. The molecule has 0 bridgehead atoms. The molecule has 1 aliphatic rings. The predicted octanol–water partition coefficient (Wildman–Crippen LogP) is 3.97. The van der Waals surface area contributed by atoms with E-state index in [-0.39, 0.29) is 0 Å². The van der Waals surface area contributed by atoms with Gasteiger partial charge in [0.25, 0.3) is 0 Å². The molecule has 1 fully saturated rings. The van der Waals surface area contributed by atoms with Gasteiger partial charge in [0.1, 0.15) is 11.3 Å². The molecule has 0 heterocycles. The van der Waals surface area contributed by atoms with Crippen molar-refractivity contribution < 1.29 is 4.74 Å². The molecule has 0 amide bonds. The van der Waals surface area contributed by atoms with Crippen molar-refractivity contribution in [2.45, 2.75) is 44.6 Å². The minimum atomic E-state index is -0.395. The van der Waals surface area contributed by atoms with Crippen molar-refractivity contribution in [3.8, 4) is 11.8 Å². The van der Waals surface area contributed by atoms with Crippen LogP contribution in [0.5, 0.6) is 5.75 Å². The summed E-state index contributed by atoms with van der Waals surface area (Å²) in [4.78, 5) is 0. The van der Waals surface area contributed by atoms with Gasteiger partial charge in [0.2, 0.25) is 0 Å². The Balaban J connectivity index is 2.11. The Labute approximate surface area is 115 Å². The lowest BCUT2D eigenvalue weighted by atomic mass is 9.75. The van der Waals surface area contributed by atoms with Gasteiger partial charge in [-0.05, 0) is 49.4 Å². The lowest BCUT2D eigenvalue weighted by Crippen LogP contribution is -2.41. The van der Waals surface area contributed by atoms with Crippen molar-refractivity contribution >= 4 is 5.69 Å². The number of nitrogens with zero attached hydrogens (tertiary/aromatic N) is 1. The van der Waals surface area contributed by atoms with Crippen LogP contribution in [0.4, 0.5) is 5.69 Å². The van der Waals surface area contributed by atoms with Crippen molar-refractivity contribution in [1.29, 1.82) is 5.26 Å². The summed E-state index contributed by atoms with van der Waals surface area (Å²) >= 11 is 0. The van der Waals surface area contributed by atoms with Gasteiger partial charge in [0, 0.05) is 5.69 Å². The molecule has 1 aliphatic carbocycles. The van der Waals surface area contributed by atoms with Crippen LogP contribution in [0.25, 0.3) is 0 Å². The highest BCUT2D eigenvalue weighted by molar-refractivity contribution is 5.50. The molecule has 0 radical (unpaired) electrons. The first-order valence-corrected chi connectivity index (χ1v) is 7.05. The molecule has 1 N–H and O–H groups in total. The first-order valence-electron chi connectivity index (χ1n) is 7.05.